The summed E-state index contributed by atoms with van der Waals surface area (Å²) < 4.78 is 45.3. The van der Waals surface area contributed by atoms with E-state index in [4.69, 9.17) is 16.3 Å². The summed E-state index contributed by atoms with van der Waals surface area (Å²) in [6.07, 6.45) is 0.0185. The number of alkyl halides is 3. The minimum Gasteiger partial charge on any atom is -0.456 e. The van der Waals surface area contributed by atoms with Gasteiger partial charge in [0.1, 0.15) is 23.6 Å². The average molecular weight is 600 g/mol. The molecule has 0 bridgehead atoms. The van der Waals surface area contributed by atoms with Crippen molar-refractivity contribution in [3.8, 4) is 11.5 Å². The number of likely N-dealkylation sites (N-methyl/N-ethyl adjacent to an activating group) is 1. The Morgan fingerprint density at radius 1 is 1.10 bits per heavy atom. The molecule has 1 aromatic heterocycles. The number of aromatic nitrogens is 2. The summed E-state index contributed by atoms with van der Waals surface area (Å²) in [5.41, 5.74) is -0.451. The van der Waals surface area contributed by atoms with Gasteiger partial charge in [0.2, 0.25) is 5.91 Å². The van der Waals surface area contributed by atoms with Crippen LogP contribution in [0.3, 0.4) is 0 Å². The van der Waals surface area contributed by atoms with E-state index in [-0.39, 0.29) is 22.4 Å². The van der Waals surface area contributed by atoms with E-state index in [1.54, 1.807) is 38.1 Å². The number of nitrogens with zero attached hydrogens (tertiary/aromatic N) is 3. The first-order valence-electron chi connectivity index (χ1n) is 12.8. The standard InChI is InChI=1S/C30H29ClF3N5O3/c1-29(2,41)22-15-26(42-20-8-5-7-18(13-20)30(32,33)34)23(31)16-25(22)38-28-21-14-19(10-11-24(21)35-17-36-28)37-27(40)9-6-12-39(3)4/h5-11,13-17,41H,12H2,1-4H3,(H,37,40)(H,35,36,38)/b9-6+. The third-order valence-corrected chi connectivity index (χ3v) is 6.31. The number of carbonyl (C=O) groups is 1. The fourth-order valence-electron chi connectivity index (χ4n) is 4.02. The summed E-state index contributed by atoms with van der Waals surface area (Å²) in [7, 11) is 3.79. The maximum Gasteiger partial charge on any atom is 0.416 e. The summed E-state index contributed by atoms with van der Waals surface area (Å²) >= 11 is 6.50. The van der Waals surface area contributed by atoms with Crippen LogP contribution >= 0.6 is 11.6 Å². The number of halogens is 4. The maximum absolute atomic E-state index is 13.2. The SMILES string of the molecule is CN(C)C/C=C/C(=O)Nc1ccc2ncnc(Nc3cc(Cl)c(Oc4cccc(C(F)(F)F)c4)cc3C(C)(C)O)c2c1. The molecule has 0 aliphatic rings. The second-order valence-corrected chi connectivity index (χ2v) is 10.7. The molecule has 0 aliphatic carbocycles. The van der Waals surface area contributed by atoms with Crippen molar-refractivity contribution in [1.29, 1.82) is 0 Å². The zero-order chi connectivity index (χ0) is 30.7. The van der Waals surface area contributed by atoms with Gasteiger partial charge >= 0.3 is 6.18 Å². The van der Waals surface area contributed by atoms with Crippen LogP contribution in [-0.4, -0.2) is 46.5 Å². The first kappa shape index (κ1) is 30.8. The molecule has 3 aromatic carbocycles. The van der Waals surface area contributed by atoms with Gasteiger partial charge in [0.15, 0.2) is 0 Å². The minimum absolute atomic E-state index is 0.0542. The molecule has 3 N–H and O–H groups in total. The van der Waals surface area contributed by atoms with Crippen LogP contribution in [0.2, 0.25) is 5.02 Å². The van der Waals surface area contributed by atoms with E-state index in [9.17, 15) is 23.1 Å². The number of carbonyl (C=O) groups excluding carboxylic acids is 1. The van der Waals surface area contributed by atoms with Crippen molar-refractivity contribution in [1.82, 2.24) is 14.9 Å². The van der Waals surface area contributed by atoms with Crippen LogP contribution in [0.5, 0.6) is 11.5 Å². The summed E-state index contributed by atoms with van der Waals surface area (Å²) in [5.74, 6) is 0.0583. The van der Waals surface area contributed by atoms with Gasteiger partial charge in [-0.1, -0.05) is 23.7 Å². The van der Waals surface area contributed by atoms with Gasteiger partial charge in [-0.25, -0.2) is 9.97 Å². The number of benzene rings is 3. The highest BCUT2D eigenvalue weighted by Gasteiger charge is 2.31. The highest BCUT2D eigenvalue weighted by Crippen LogP contribution is 2.41. The molecule has 0 atom stereocenters. The quantitative estimate of drug-likeness (QED) is 0.176. The second kappa shape index (κ2) is 12.4. The van der Waals surface area contributed by atoms with E-state index in [1.807, 2.05) is 19.0 Å². The van der Waals surface area contributed by atoms with Crippen LogP contribution in [0, 0.1) is 0 Å². The van der Waals surface area contributed by atoms with Crippen LogP contribution in [0.4, 0.5) is 30.4 Å². The zero-order valence-corrected chi connectivity index (χ0v) is 24.0. The van der Waals surface area contributed by atoms with E-state index in [0.29, 0.717) is 40.2 Å². The van der Waals surface area contributed by atoms with Crippen molar-refractivity contribution < 1.29 is 27.8 Å². The van der Waals surface area contributed by atoms with Gasteiger partial charge in [-0.05, 0) is 76.5 Å². The van der Waals surface area contributed by atoms with Gasteiger partial charge in [-0.15, -0.1) is 0 Å². The topological polar surface area (TPSA) is 99.6 Å². The lowest BCUT2D eigenvalue weighted by molar-refractivity contribution is -0.137. The molecule has 8 nitrogen and oxygen atoms in total. The summed E-state index contributed by atoms with van der Waals surface area (Å²) in [6.45, 7) is 3.71. The Morgan fingerprint density at radius 2 is 1.86 bits per heavy atom. The molecule has 220 valence electrons. The molecule has 0 spiro atoms. The lowest BCUT2D eigenvalue weighted by atomic mass is 9.96. The van der Waals surface area contributed by atoms with Crippen LogP contribution in [-0.2, 0) is 16.6 Å². The Kier molecular flexibility index (Phi) is 9.05. The number of nitrogens with one attached hydrogen (secondary N) is 2. The number of ether oxygens (including phenoxy) is 1. The number of fused-ring (bicyclic) bond motifs is 1. The number of hydrogen-bond donors (Lipinski definition) is 3. The number of rotatable bonds is 9. The monoisotopic (exact) mass is 599 g/mol. The molecule has 4 aromatic rings. The van der Waals surface area contributed by atoms with Crippen molar-refractivity contribution in [2.45, 2.75) is 25.6 Å². The highest BCUT2D eigenvalue weighted by molar-refractivity contribution is 6.32. The predicted molar refractivity (Wildman–Crippen MR) is 157 cm³/mol. The van der Waals surface area contributed by atoms with Gasteiger partial charge in [0.05, 0.1) is 21.7 Å². The summed E-state index contributed by atoms with van der Waals surface area (Å²) in [6, 6.07) is 12.5. The molecule has 1 amide bonds. The Labute approximate surface area is 245 Å². The molecule has 0 saturated heterocycles. The third kappa shape index (κ3) is 7.75. The lowest BCUT2D eigenvalue weighted by Crippen LogP contribution is -2.18. The van der Waals surface area contributed by atoms with Crippen molar-refractivity contribution in [3.05, 3.63) is 89.2 Å². The van der Waals surface area contributed by atoms with Gasteiger partial charge in [-0.2, -0.15) is 13.2 Å². The molecule has 0 unspecified atom stereocenters. The summed E-state index contributed by atoms with van der Waals surface area (Å²) in [5, 5.41) is 17.6. The van der Waals surface area contributed by atoms with Crippen molar-refractivity contribution in [2.24, 2.45) is 0 Å². The first-order valence-corrected chi connectivity index (χ1v) is 13.1. The first-order chi connectivity index (χ1) is 19.7. The molecule has 42 heavy (non-hydrogen) atoms. The van der Waals surface area contributed by atoms with Crippen LogP contribution in [0.15, 0.2) is 73.1 Å². The van der Waals surface area contributed by atoms with E-state index >= 15 is 0 Å². The Bertz CT molecular complexity index is 1640. The smallest absolute Gasteiger partial charge is 0.416 e. The van der Waals surface area contributed by atoms with Crippen LogP contribution in [0.25, 0.3) is 10.9 Å². The Balaban J connectivity index is 1.67. The number of anilines is 3. The number of aliphatic hydroxyl groups is 1. The van der Waals surface area contributed by atoms with Crippen LogP contribution in [0.1, 0.15) is 25.0 Å². The van der Waals surface area contributed by atoms with Gasteiger partial charge in [0.25, 0.3) is 0 Å². The van der Waals surface area contributed by atoms with Crippen molar-refractivity contribution >= 4 is 45.6 Å². The molecule has 4 rings (SSSR count). The second-order valence-electron chi connectivity index (χ2n) is 10.2. The normalized spacial score (nSPS) is 12.2. The Hall–Kier alpha value is -4.19. The zero-order valence-electron chi connectivity index (χ0n) is 23.3. The van der Waals surface area contributed by atoms with E-state index < -0.39 is 17.3 Å². The largest absolute Gasteiger partial charge is 0.456 e. The van der Waals surface area contributed by atoms with Gasteiger partial charge < -0.3 is 25.4 Å². The maximum atomic E-state index is 13.2. The number of hydrogen-bond acceptors (Lipinski definition) is 7. The van der Waals surface area contributed by atoms with Gasteiger partial charge in [-0.3, -0.25) is 4.79 Å². The van der Waals surface area contributed by atoms with Crippen molar-refractivity contribution in [2.75, 3.05) is 31.3 Å². The molecule has 0 radical (unpaired) electrons. The average Bonchev–Trinajstić information content (AvgIpc) is 2.89. The van der Waals surface area contributed by atoms with E-state index in [2.05, 4.69) is 20.6 Å². The molecule has 12 heteroatoms. The minimum atomic E-state index is -4.54. The van der Waals surface area contributed by atoms with Gasteiger partial charge in [0, 0.05) is 34.9 Å². The summed E-state index contributed by atoms with van der Waals surface area (Å²) in [4.78, 5) is 22.9. The lowest BCUT2D eigenvalue weighted by Gasteiger charge is -2.24. The van der Waals surface area contributed by atoms with Crippen LogP contribution < -0.4 is 15.4 Å². The highest BCUT2D eigenvalue weighted by atomic mass is 35.5. The Morgan fingerprint density at radius 3 is 2.55 bits per heavy atom. The predicted octanol–water partition coefficient (Wildman–Crippen LogP) is 7.12. The fourth-order valence-corrected chi connectivity index (χ4v) is 4.22. The van der Waals surface area contributed by atoms with E-state index in [0.717, 1.165) is 12.1 Å². The number of amides is 1. The fraction of sp³-hybridized carbons (Fsp3) is 0.233. The molecule has 0 saturated carbocycles. The molecule has 0 fully saturated rings. The molecule has 1 heterocycles. The van der Waals surface area contributed by atoms with E-state index in [1.165, 1.54) is 36.7 Å². The van der Waals surface area contributed by atoms with Crippen molar-refractivity contribution in [3.63, 3.8) is 0 Å². The molecule has 0 aliphatic heterocycles. The molecular weight excluding hydrogens is 571 g/mol. The molecular formula is C30H29ClF3N5O3. The third-order valence-electron chi connectivity index (χ3n) is 6.02.